The van der Waals surface area contributed by atoms with Crippen molar-refractivity contribution in [2.45, 2.75) is 25.7 Å². The maximum absolute atomic E-state index is 11.8. The Hall–Kier alpha value is -1.89. The first kappa shape index (κ1) is 11.2. The summed E-state index contributed by atoms with van der Waals surface area (Å²) in [6, 6.07) is 16.6. The van der Waals surface area contributed by atoms with Crippen LogP contribution in [0.15, 0.2) is 48.5 Å². The van der Waals surface area contributed by atoms with E-state index in [0.717, 1.165) is 18.4 Å². The second-order valence-electron chi connectivity index (χ2n) is 4.94. The molecule has 0 saturated heterocycles. The van der Waals surface area contributed by atoms with Crippen molar-refractivity contribution >= 4 is 5.78 Å². The lowest BCUT2D eigenvalue weighted by Gasteiger charge is -2.15. The largest absolute Gasteiger partial charge is 0.295 e. The van der Waals surface area contributed by atoms with Crippen LogP contribution >= 0.6 is 0 Å². The lowest BCUT2D eigenvalue weighted by atomic mass is 9.88. The number of hydrogen-bond acceptors (Lipinski definition) is 1. The van der Waals surface area contributed by atoms with E-state index in [1.165, 1.54) is 16.7 Å². The Morgan fingerprint density at radius 3 is 2.56 bits per heavy atom. The lowest BCUT2D eigenvalue weighted by molar-refractivity contribution is 0.101. The average molecular weight is 236 g/mol. The monoisotopic (exact) mass is 236 g/mol. The smallest absolute Gasteiger partial charge is 0.160 e. The summed E-state index contributed by atoms with van der Waals surface area (Å²) in [5.74, 6) is 0.566. The topological polar surface area (TPSA) is 17.1 Å². The Morgan fingerprint density at radius 2 is 1.83 bits per heavy atom. The highest BCUT2D eigenvalue weighted by Gasteiger charge is 2.27. The molecule has 0 bridgehead atoms. The van der Waals surface area contributed by atoms with Crippen LogP contribution < -0.4 is 0 Å². The summed E-state index contributed by atoms with van der Waals surface area (Å²) in [7, 11) is 0. The molecular formula is C17H16O. The fourth-order valence-electron chi connectivity index (χ4n) is 3.01. The predicted molar refractivity (Wildman–Crippen MR) is 73.1 cm³/mol. The molecular weight excluding hydrogens is 220 g/mol. The van der Waals surface area contributed by atoms with Crippen molar-refractivity contribution in [2.75, 3.05) is 0 Å². The molecule has 1 heteroatoms. The van der Waals surface area contributed by atoms with Crippen molar-refractivity contribution < 1.29 is 4.79 Å². The third-order valence-electron chi connectivity index (χ3n) is 3.83. The van der Waals surface area contributed by atoms with Gasteiger partial charge in [-0.25, -0.2) is 0 Å². The molecule has 1 atom stereocenters. The van der Waals surface area contributed by atoms with E-state index in [0.29, 0.717) is 5.92 Å². The maximum atomic E-state index is 11.8. The second-order valence-corrected chi connectivity index (χ2v) is 4.94. The van der Waals surface area contributed by atoms with E-state index in [1.54, 1.807) is 6.92 Å². The molecule has 0 radical (unpaired) electrons. The summed E-state index contributed by atoms with van der Waals surface area (Å²) in [6.45, 7) is 1.66. The van der Waals surface area contributed by atoms with Crippen molar-refractivity contribution in [3.8, 4) is 0 Å². The number of benzene rings is 2. The molecule has 90 valence electrons. The van der Waals surface area contributed by atoms with Crippen LogP contribution in [0.3, 0.4) is 0 Å². The number of carbonyl (C=O) groups is 1. The molecule has 0 fully saturated rings. The minimum atomic E-state index is 0.176. The van der Waals surface area contributed by atoms with Gasteiger partial charge in [-0.15, -0.1) is 0 Å². The molecule has 2 aromatic rings. The van der Waals surface area contributed by atoms with Gasteiger partial charge in [0.15, 0.2) is 5.78 Å². The molecule has 0 amide bonds. The summed E-state index contributed by atoms with van der Waals surface area (Å²) in [5.41, 5.74) is 4.83. The van der Waals surface area contributed by atoms with E-state index in [4.69, 9.17) is 0 Å². The maximum Gasteiger partial charge on any atom is 0.160 e. The first-order chi connectivity index (χ1) is 8.77. The van der Waals surface area contributed by atoms with Crippen LogP contribution in [-0.4, -0.2) is 5.78 Å². The van der Waals surface area contributed by atoms with E-state index < -0.39 is 0 Å². The molecule has 0 unspecified atom stereocenters. The molecule has 1 aliphatic carbocycles. The van der Waals surface area contributed by atoms with E-state index >= 15 is 0 Å². The molecule has 18 heavy (non-hydrogen) atoms. The van der Waals surface area contributed by atoms with Gasteiger partial charge in [-0.1, -0.05) is 48.5 Å². The van der Waals surface area contributed by atoms with Gasteiger partial charge in [0.2, 0.25) is 0 Å². The molecule has 2 aromatic carbocycles. The van der Waals surface area contributed by atoms with Gasteiger partial charge >= 0.3 is 0 Å². The highest BCUT2D eigenvalue weighted by molar-refractivity contribution is 5.96. The predicted octanol–water partition coefficient (Wildman–Crippen LogP) is 3.97. The minimum Gasteiger partial charge on any atom is -0.295 e. The van der Waals surface area contributed by atoms with Gasteiger partial charge < -0.3 is 0 Å². The van der Waals surface area contributed by atoms with Crippen LogP contribution in [0.4, 0.5) is 0 Å². The first-order valence-corrected chi connectivity index (χ1v) is 6.45. The van der Waals surface area contributed by atoms with Crippen LogP contribution in [0.2, 0.25) is 0 Å². The molecule has 0 aliphatic heterocycles. The second kappa shape index (κ2) is 4.41. The van der Waals surface area contributed by atoms with Gasteiger partial charge in [-0.3, -0.25) is 4.79 Å². The standard InChI is InChI=1S/C17H16O/c1-12(18)15-9-5-8-14-10-11-16(17(14)15)13-6-3-2-4-7-13/h2-9,16H,10-11H2,1H3/t16-/m1/s1. The molecule has 0 heterocycles. The summed E-state index contributed by atoms with van der Waals surface area (Å²) in [6.07, 6.45) is 2.19. The van der Waals surface area contributed by atoms with Crippen LogP contribution in [0.5, 0.6) is 0 Å². The lowest BCUT2D eigenvalue weighted by Crippen LogP contribution is -2.04. The highest BCUT2D eigenvalue weighted by Crippen LogP contribution is 2.40. The molecule has 0 saturated carbocycles. The van der Waals surface area contributed by atoms with Crippen molar-refractivity contribution in [2.24, 2.45) is 0 Å². The molecule has 1 nitrogen and oxygen atoms in total. The van der Waals surface area contributed by atoms with Gasteiger partial charge in [0.05, 0.1) is 0 Å². The Morgan fingerprint density at radius 1 is 1.06 bits per heavy atom. The number of carbonyl (C=O) groups excluding carboxylic acids is 1. The third-order valence-corrected chi connectivity index (χ3v) is 3.83. The Kier molecular flexibility index (Phi) is 2.75. The van der Waals surface area contributed by atoms with Crippen LogP contribution in [0.1, 0.15) is 46.3 Å². The number of hydrogen-bond donors (Lipinski definition) is 0. The molecule has 0 aromatic heterocycles. The Balaban J connectivity index is 2.14. The summed E-state index contributed by atoms with van der Waals surface area (Å²) < 4.78 is 0. The quantitative estimate of drug-likeness (QED) is 0.721. The van der Waals surface area contributed by atoms with Crippen molar-refractivity contribution in [1.82, 2.24) is 0 Å². The zero-order chi connectivity index (χ0) is 12.5. The SMILES string of the molecule is CC(=O)c1cccc2c1[C@@H](c1ccccc1)CC2. The fraction of sp³-hybridized carbons (Fsp3) is 0.235. The molecule has 0 spiro atoms. The Labute approximate surface area is 107 Å². The van der Waals surface area contributed by atoms with E-state index in [-0.39, 0.29) is 5.78 Å². The van der Waals surface area contributed by atoms with Gasteiger partial charge in [-0.2, -0.15) is 0 Å². The van der Waals surface area contributed by atoms with Crippen LogP contribution in [0, 0.1) is 0 Å². The zero-order valence-corrected chi connectivity index (χ0v) is 10.5. The minimum absolute atomic E-state index is 0.176. The summed E-state index contributed by atoms with van der Waals surface area (Å²) in [5, 5.41) is 0. The number of Topliss-reactive ketones (excluding diaryl/α,β-unsaturated/α-hetero) is 1. The van der Waals surface area contributed by atoms with Crippen molar-refractivity contribution in [3.63, 3.8) is 0 Å². The normalized spacial score (nSPS) is 17.5. The van der Waals surface area contributed by atoms with Gasteiger partial charge in [0.1, 0.15) is 0 Å². The number of aryl methyl sites for hydroxylation is 1. The average Bonchev–Trinajstić information content (AvgIpc) is 2.83. The number of ketones is 1. The van der Waals surface area contributed by atoms with Gasteiger partial charge in [0, 0.05) is 11.5 Å². The van der Waals surface area contributed by atoms with E-state index in [2.05, 4.69) is 30.3 Å². The molecule has 0 N–H and O–H groups in total. The van der Waals surface area contributed by atoms with Crippen molar-refractivity contribution in [3.05, 3.63) is 70.8 Å². The summed E-state index contributed by atoms with van der Waals surface area (Å²) >= 11 is 0. The summed E-state index contributed by atoms with van der Waals surface area (Å²) in [4.78, 5) is 11.8. The van der Waals surface area contributed by atoms with Gasteiger partial charge in [0.25, 0.3) is 0 Å². The Bertz CT molecular complexity index is 584. The number of rotatable bonds is 2. The fourth-order valence-corrected chi connectivity index (χ4v) is 3.01. The highest BCUT2D eigenvalue weighted by atomic mass is 16.1. The van der Waals surface area contributed by atoms with E-state index in [1.807, 2.05) is 18.2 Å². The van der Waals surface area contributed by atoms with E-state index in [9.17, 15) is 4.79 Å². The number of fused-ring (bicyclic) bond motifs is 1. The first-order valence-electron chi connectivity index (χ1n) is 6.45. The molecule has 1 aliphatic rings. The third kappa shape index (κ3) is 1.76. The van der Waals surface area contributed by atoms with Crippen LogP contribution in [-0.2, 0) is 6.42 Å². The van der Waals surface area contributed by atoms with Crippen LogP contribution in [0.25, 0.3) is 0 Å². The van der Waals surface area contributed by atoms with Gasteiger partial charge in [-0.05, 0) is 36.5 Å². The molecule has 3 rings (SSSR count). The zero-order valence-electron chi connectivity index (χ0n) is 10.5. The van der Waals surface area contributed by atoms with Crippen molar-refractivity contribution in [1.29, 1.82) is 0 Å².